The van der Waals surface area contributed by atoms with Crippen LogP contribution in [0.5, 0.6) is 0 Å². The minimum atomic E-state index is -5.03. The summed E-state index contributed by atoms with van der Waals surface area (Å²) < 4.78 is 79.9. The SMILES string of the molecule is CCCC[C@H]1c2[nH]c3ccc(Cl)cc3c2CCN1c1nc(C(F)(F)F)cc(C(F)(F)F)n1. The molecular formula is C21H19ClF6N4. The van der Waals surface area contributed by atoms with E-state index >= 15 is 0 Å². The van der Waals surface area contributed by atoms with E-state index in [1.54, 1.807) is 18.2 Å². The van der Waals surface area contributed by atoms with Gasteiger partial charge in [0, 0.05) is 28.2 Å². The molecule has 11 heteroatoms. The Bertz CT molecular complexity index is 1110. The largest absolute Gasteiger partial charge is 0.433 e. The van der Waals surface area contributed by atoms with Gasteiger partial charge in [-0.2, -0.15) is 26.3 Å². The standard InChI is InChI=1S/C21H19ClF6N4/c1-2-3-4-15-18-12(13-9-11(22)5-6-14(13)29-18)7-8-32(15)19-30-16(20(23,24)25)10-17(31-19)21(26,27)28/h5-6,9-10,15,29H,2-4,7-8H2,1H3/t15-/m0/s1. The number of fused-ring (bicyclic) bond motifs is 3. The van der Waals surface area contributed by atoms with Gasteiger partial charge in [0.2, 0.25) is 5.95 Å². The smallest absolute Gasteiger partial charge is 0.356 e. The number of rotatable bonds is 4. The molecule has 1 aliphatic rings. The van der Waals surface area contributed by atoms with Gasteiger partial charge < -0.3 is 9.88 Å². The summed E-state index contributed by atoms with van der Waals surface area (Å²) in [5.41, 5.74) is -0.709. The molecule has 0 unspecified atom stereocenters. The number of aromatic amines is 1. The quantitative estimate of drug-likeness (QED) is 0.415. The molecule has 4 nitrogen and oxygen atoms in total. The predicted molar refractivity (Wildman–Crippen MR) is 109 cm³/mol. The van der Waals surface area contributed by atoms with Gasteiger partial charge in [0.25, 0.3) is 0 Å². The molecule has 0 bridgehead atoms. The summed E-state index contributed by atoms with van der Waals surface area (Å²) in [5, 5.41) is 1.44. The number of benzene rings is 1. The van der Waals surface area contributed by atoms with Crippen LogP contribution in [0.2, 0.25) is 5.02 Å². The van der Waals surface area contributed by atoms with Crippen molar-refractivity contribution in [3.05, 3.63) is 51.9 Å². The second kappa shape index (κ2) is 8.13. The Kier molecular flexibility index (Phi) is 5.77. The first-order valence-corrected chi connectivity index (χ1v) is 10.5. The van der Waals surface area contributed by atoms with Crippen molar-refractivity contribution in [1.29, 1.82) is 0 Å². The van der Waals surface area contributed by atoms with Crippen molar-refractivity contribution in [2.24, 2.45) is 0 Å². The second-order valence-corrected chi connectivity index (χ2v) is 8.18. The van der Waals surface area contributed by atoms with Gasteiger partial charge in [0.15, 0.2) is 11.4 Å². The molecule has 0 radical (unpaired) electrons. The van der Waals surface area contributed by atoms with Crippen molar-refractivity contribution >= 4 is 28.5 Å². The molecular weight excluding hydrogens is 458 g/mol. The van der Waals surface area contributed by atoms with Crippen molar-refractivity contribution in [2.45, 2.75) is 51.0 Å². The van der Waals surface area contributed by atoms with Crippen LogP contribution >= 0.6 is 11.6 Å². The second-order valence-electron chi connectivity index (χ2n) is 7.74. The third kappa shape index (κ3) is 4.24. The third-order valence-electron chi connectivity index (χ3n) is 5.60. The average Bonchev–Trinajstić information content (AvgIpc) is 3.08. The van der Waals surface area contributed by atoms with Gasteiger partial charge in [-0.05, 0) is 42.7 Å². The third-order valence-corrected chi connectivity index (χ3v) is 5.83. The van der Waals surface area contributed by atoms with E-state index in [1.165, 1.54) is 4.90 Å². The fourth-order valence-corrected chi connectivity index (χ4v) is 4.30. The Balaban J connectivity index is 1.85. The van der Waals surface area contributed by atoms with E-state index in [0.717, 1.165) is 35.0 Å². The summed E-state index contributed by atoms with van der Waals surface area (Å²) in [6.07, 6.45) is -7.61. The monoisotopic (exact) mass is 476 g/mol. The summed E-state index contributed by atoms with van der Waals surface area (Å²) in [7, 11) is 0. The van der Waals surface area contributed by atoms with Crippen LogP contribution in [0.3, 0.4) is 0 Å². The fraction of sp³-hybridized carbons (Fsp3) is 0.429. The van der Waals surface area contributed by atoms with Crippen LogP contribution in [0, 0.1) is 0 Å². The van der Waals surface area contributed by atoms with E-state index in [4.69, 9.17) is 11.6 Å². The van der Waals surface area contributed by atoms with E-state index < -0.39 is 35.7 Å². The van der Waals surface area contributed by atoms with Crippen LogP contribution in [0.1, 0.15) is 54.9 Å². The summed E-state index contributed by atoms with van der Waals surface area (Å²) in [6, 6.07) is 4.79. The Hall–Kier alpha value is -2.49. The number of halogens is 7. The first-order chi connectivity index (χ1) is 15.0. The van der Waals surface area contributed by atoms with Gasteiger partial charge in [-0.15, -0.1) is 0 Å². The zero-order valence-corrected chi connectivity index (χ0v) is 17.7. The van der Waals surface area contributed by atoms with Crippen LogP contribution in [0.15, 0.2) is 24.3 Å². The van der Waals surface area contributed by atoms with Crippen molar-refractivity contribution in [3.8, 4) is 0 Å². The van der Waals surface area contributed by atoms with Gasteiger partial charge in [-0.3, -0.25) is 0 Å². The highest BCUT2D eigenvalue weighted by Crippen LogP contribution is 2.41. The first-order valence-electron chi connectivity index (χ1n) is 10.1. The number of nitrogens with one attached hydrogen (secondary N) is 1. The molecule has 3 heterocycles. The number of unbranched alkanes of at least 4 members (excludes halogenated alkanes) is 1. The lowest BCUT2D eigenvalue weighted by atomic mass is 9.94. The number of alkyl halides is 6. The molecule has 172 valence electrons. The van der Waals surface area contributed by atoms with E-state index in [1.807, 2.05) is 6.92 Å². The maximum atomic E-state index is 13.3. The lowest BCUT2D eigenvalue weighted by molar-refractivity contribution is -0.147. The molecule has 3 aromatic rings. The molecule has 1 aliphatic heterocycles. The lowest BCUT2D eigenvalue weighted by Gasteiger charge is -2.36. The number of anilines is 1. The zero-order valence-electron chi connectivity index (χ0n) is 16.9. The molecule has 0 amide bonds. The van der Waals surface area contributed by atoms with Gasteiger partial charge in [-0.1, -0.05) is 31.4 Å². The number of hydrogen-bond acceptors (Lipinski definition) is 3. The van der Waals surface area contributed by atoms with Crippen molar-refractivity contribution < 1.29 is 26.3 Å². The highest BCUT2D eigenvalue weighted by molar-refractivity contribution is 6.31. The normalized spacial score (nSPS) is 17.1. The van der Waals surface area contributed by atoms with E-state index in [-0.39, 0.29) is 12.6 Å². The molecule has 4 rings (SSSR count). The minimum Gasteiger partial charge on any atom is -0.356 e. The van der Waals surface area contributed by atoms with E-state index in [0.29, 0.717) is 17.9 Å². The molecule has 0 aliphatic carbocycles. The molecule has 2 aromatic heterocycles. The first kappa shape index (κ1) is 22.7. The van der Waals surface area contributed by atoms with Crippen molar-refractivity contribution in [3.63, 3.8) is 0 Å². The minimum absolute atomic E-state index is 0.0507. The van der Waals surface area contributed by atoms with Crippen LogP contribution in [-0.2, 0) is 18.8 Å². The molecule has 32 heavy (non-hydrogen) atoms. The van der Waals surface area contributed by atoms with Crippen LogP contribution in [0.4, 0.5) is 32.3 Å². The van der Waals surface area contributed by atoms with Crippen LogP contribution < -0.4 is 4.90 Å². The number of aromatic nitrogens is 3. The molecule has 1 N–H and O–H groups in total. The van der Waals surface area contributed by atoms with Crippen LogP contribution in [0.25, 0.3) is 10.9 Å². The van der Waals surface area contributed by atoms with E-state index in [9.17, 15) is 26.3 Å². The molecule has 1 atom stereocenters. The van der Waals surface area contributed by atoms with Crippen molar-refractivity contribution in [2.75, 3.05) is 11.4 Å². The summed E-state index contributed by atoms with van der Waals surface area (Å²) in [6.45, 7) is 2.14. The Morgan fingerprint density at radius 1 is 1.06 bits per heavy atom. The number of nitrogens with zero attached hydrogens (tertiary/aromatic N) is 3. The summed E-state index contributed by atoms with van der Waals surface area (Å²) in [4.78, 5) is 11.7. The number of H-pyrrole nitrogens is 1. The number of hydrogen-bond donors (Lipinski definition) is 1. The maximum Gasteiger partial charge on any atom is 0.433 e. The maximum absolute atomic E-state index is 13.3. The summed E-state index contributed by atoms with van der Waals surface area (Å²) >= 11 is 6.13. The molecule has 0 fully saturated rings. The Morgan fingerprint density at radius 3 is 2.31 bits per heavy atom. The van der Waals surface area contributed by atoms with Gasteiger partial charge in [0.05, 0.1) is 6.04 Å². The molecule has 1 aromatic carbocycles. The van der Waals surface area contributed by atoms with Crippen LogP contribution in [-0.4, -0.2) is 21.5 Å². The molecule has 0 saturated heterocycles. The van der Waals surface area contributed by atoms with Crippen molar-refractivity contribution in [1.82, 2.24) is 15.0 Å². The Labute approximate surface area is 184 Å². The topological polar surface area (TPSA) is 44.8 Å². The average molecular weight is 477 g/mol. The van der Waals surface area contributed by atoms with Gasteiger partial charge >= 0.3 is 12.4 Å². The zero-order chi connectivity index (χ0) is 23.3. The van der Waals surface area contributed by atoms with E-state index in [2.05, 4.69) is 15.0 Å². The molecule has 0 spiro atoms. The summed E-state index contributed by atoms with van der Waals surface area (Å²) in [5.74, 6) is -0.574. The lowest BCUT2D eigenvalue weighted by Crippen LogP contribution is -2.37. The predicted octanol–water partition coefficient (Wildman–Crippen LogP) is 6.94. The fourth-order valence-electron chi connectivity index (χ4n) is 4.13. The molecule has 0 saturated carbocycles. The van der Waals surface area contributed by atoms with Gasteiger partial charge in [-0.25, -0.2) is 9.97 Å². The Morgan fingerprint density at radius 2 is 1.72 bits per heavy atom. The highest BCUT2D eigenvalue weighted by atomic mass is 35.5. The highest BCUT2D eigenvalue weighted by Gasteiger charge is 2.41. The van der Waals surface area contributed by atoms with Gasteiger partial charge in [0.1, 0.15) is 0 Å².